The highest BCUT2D eigenvalue weighted by molar-refractivity contribution is 7.88. The van der Waals surface area contributed by atoms with E-state index >= 15 is 0 Å². The number of imidazole rings is 1. The average molecular weight is 411 g/mol. The Morgan fingerprint density at radius 2 is 2.07 bits per heavy atom. The fourth-order valence-corrected chi connectivity index (χ4v) is 3.76. The zero-order valence-corrected chi connectivity index (χ0v) is 16.9. The lowest BCUT2D eigenvalue weighted by molar-refractivity contribution is 0.587. The largest absolute Gasteiger partial charge is 0.365 e. The van der Waals surface area contributed by atoms with Crippen molar-refractivity contribution in [1.82, 2.24) is 28.9 Å². The molecule has 150 valence electrons. The quantitative estimate of drug-likeness (QED) is 0.502. The topological polar surface area (TPSA) is 106 Å². The molecule has 1 aliphatic rings. The van der Waals surface area contributed by atoms with E-state index in [1.807, 2.05) is 41.9 Å². The summed E-state index contributed by atoms with van der Waals surface area (Å²) >= 11 is 0. The van der Waals surface area contributed by atoms with Crippen molar-refractivity contribution < 1.29 is 8.42 Å². The molecular formula is C19H21N7O2S. The Bertz CT molecular complexity index is 1340. The standard InChI is InChI=1S/C19H21N7O2S/c1-25-11-20-17-18(22-14-6-7-14)23-16-9-15(24-26(16)19(17)25)13-5-3-4-12(8-13)10-21-29(2,27)28/h3-5,8-9,11,14,21H,6-7,10H2,1-2H3,(H,22,23). The molecule has 0 atom stereocenters. The van der Waals surface area contributed by atoms with Gasteiger partial charge in [-0.2, -0.15) is 9.61 Å². The van der Waals surface area contributed by atoms with Gasteiger partial charge in [0.1, 0.15) is 0 Å². The number of sulfonamides is 1. The molecule has 0 amide bonds. The Kier molecular flexibility index (Phi) is 4.07. The lowest BCUT2D eigenvalue weighted by atomic mass is 10.1. The summed E-state index contributed by atoms with van der Waals surface area (Å²) in [7, 11) is -1.31. The number of hydrogen-bond acceptors (Lipinski definition) is 6. The molecule has 0 bridgehead atoms. The second-order valence-corrected chi connectivity index (χ2v) is 9.33. The predicted molar refractivity (Wildman–Crippen MR) is 111 cm³/mol. The number of fused-ring (bicyclic) bond motifs is 3. The summed E-state index contributed by atoms with van der Waals surface area (Å²) in [5.41, 5.74) is 4.94. The van der Waals surface area contributed by atoms with Crippen LogP contribution in [0, 0.1) is 0 Å². The monoisotopic (exact) mass is 411 g/mol. The maximum Gasteiger partial charge on any atom is 0.209 e. The van der Waals surface area contributed by atoms with E-state index in [2.05, 4.69) is 15.0 Å². The highest BCUT2D eigenvalue weighted by Gasteiger charge is 2.24. The minimum absolute atomic E-state index is 0.236. The van der Waals surface area contributed by atoms with Crippen molar-refractivity contribution in [1.29, 1.82) is 0 Å². The van der Waals surface area contributed by atoms with Gasteiger partial charge in [0.15, 0.2) is 22.6 Å². The van der Waals surface area contributed by atoms with Crippen molar-refractivity contribution in [2.45, 2.75) is 25.4 Å². The van der Waals surface area contributed by atoms with Crippen LogP contribution in [0.5, 0.6) is 0 Å². The molecule has 0 spiro atoms. The van der Waals surface area contributed by atoms with Gasteiger partial charge in [-0.25, -0.2) is 23.1 Å². The summed E-state index contributed by atoms with van der Waals surface area (Å²) in [5.74, 6) is 0.785. The molecule has 1 aliphatic carbocycles. The lowest BCUT2D eigenvalue weighted by Gasteiger charge is -2.06. The molecule has 9 nitrogen and oxygen atoms in total. The van der Waals surface area contributed by atoms with Gasteiger partial charge in [-0.15, -0.1) is 0 Å². The zero-order chi connectivity index (χ0) is 20.2. The summed E-state index contributed by atoms with van der Waals surface area (Å²) in [4.78, 5) is 9.26. The summed E-state index contributed by atoms with van der Waals surface area (Å²) in [5, 5.41) is 8.22. The lowest BCUT2D eigenvalue weighted by Crippen LogP contribution is -2.21. The van der Waals surface area contributed by atoms with Gasteiger partial charge in [-0.1, -0.05) is 18.2 Å². The van der Waals surface area contributed by atoms with E-state index in [1.165, 1.54) is 0 Å². The Morgan fingerprint density at radius 3 is 2.83 bits per heavy atom. The summed E-state index contributed by atoms with van der Waals surface area (Å²) in [6.45, 7) is 0.236. The number of nitrogens with one attached hydrogen (secondary N) is 2. The number of aryl methyl sites for hydroxylation is 1. The van der Waals surface area contributed by atoms with Gasteiger partial charge in [-0.3, -0.25) is 0 Å². The molecule has 1 aromatic carbocycles. The van der Waals surface area contributed by atoms with Crippen LogP contribution in [0.4, 0.5) is 5.82 Å². The summed E-state index contributed by atoms with van der Waals surface area (Å²) < 4.78 is 29.0. The smallest absolute Gasteiger partial charge is 0.209 e. The first-order valence-electron chi connectivity index (χ1n) is 9.39. The average Bonchev–Trinajstić information content (AvgIpc) is 3.25. The van der Waals surface area contributed by atoms with E-state index in [1.54, 1.807) is 10.8 Å². The first kappa shape index (κ1) is 18.1. The fraction of sp³-hybridized carbons (Fsp3) is 0.316. The van der Waals surface area contributed by atoms with Crippen molar-refractivity contribution in [2.24, 2.45) is 7.05 Å². The maximum atomic E-state index is 11.4. The molecule has 2 N–H and O–H groups in total. The maximum absolute atomic E-state index is 11.4. The molecular weight excluding hydrogens is 390 g/mol. The van der Waals surface area contributed by atoms with E-state index in [9.17, 15) is 8.42 Å². The Balaban J connectivity index is 1.58. The summed E-state index contributed by atoms with van der Waals surface area (Å²) in [6, 6.07) is 10.1. The Morgan fingerprint density at radius 1 is 1.24 bits per heavy atom. The third-order valence-electron chi connectivity index (χ3n) is 4.93. The van der Waals surface area contributed by atoms with Crippen LogP contribution in [-0.4, -0.2) is 44.9 Å². The van der Waals surface area contributed by atoms with Crippen molar-refractivity contribution in [2.75, 3.05) is 11.6 Å². The van der Waals surface area contributed by atoms with Crippen LogP contribution >= 0.6 is 0 Å². The van der Waals surface area contributed by atoms with E-state index in [0.29, 0.717) is 6.04 Å². The molecule has 4 aromatic rings. The second-order valence-electron chi connectivity index (χ2n) is 7.50. The van der Waals surface area contributed by atoms with Crippen LogP contribution in [0.25, 0.3) is 28.1 Å². The van der Waals surface area contributed by atoms with Crippen LogP contribution in [-0.2, 0) is 23.6 Å². The predicted octanol–water partition coefficient (Wildman–Crippen LogP) is 1.91. The number of nitrogens with zero attached hydrogens (tertiary/aromatic N) is 5. The van der Waals surface area contributed by atoms with Gasteiger partial charge >= 0.3 is 0 Å². The Labute approximate surface area is 167 Å². The minimum Gasteiger partial charge on any atom is -0.365 e. The van der Waals surface area contributed by atoms with E-state index in [-0.39, 0.29) is 6.54 Å². The number of hydrogen-bond donors (Lipinski definition) is 2. The van der Waals surface area contributed by atoms with Crippen molar-refractivity contribution in [3.63, 3.8) is 0 Å². The third-order valence-corrected chi connectivity index (χ3v) is 5.60. The molecule has 10 heteroatoms. The van der Waals surface area contributed by atoms with Gasteiger partial charge in [0.25, 0.3) is 0 Å². The van der Waals surface area contributed by atoms with Gasteiger partial charge in [0.05, 0.1) is 18.3 Å². The number of rotatable bonds is 6. The molecule has 29 heavy (non-hydrogen) atoms. The van der Waals surface area contributed by atoms with Crippen LogP contribution in [0.2, 0.25) is 0 Å². The van der Waals surface area contributed by atoms with Crippen molar-refractivity contribution in [3.8, 4) is 11.3 Å². The van der Waals surface area contributed by atoms with Gasteiger partial charge in [0.2, 0.25) is 10.0 Å². The van der Waals surface area contributed by atoms with Crippen molar-refractivity contribution in [3.05, 3.63) is 42.2 Å². The highest BCUT2D eigenvalue weighted by atomic mass is 32.2. The van der Waals surface area contributed by atoms with Crippen LogP contribution in [0.1, 0.15) is 18.4 Å². The molecule has 5 rings (SSSR count). The van der Waals surface area contributed by atoms with Gasteiger partial charge < -0.3 is 9.88 Å². The molecule has 1 saturated carbocycles. The molecule has 0 saturated heterocycles. The van der Waals surface area contributed by atoms with E-state index in [0.717, 1.165) is 58.5 Å². The van der Waals surface area contributed by atoms with Gasteiger partial charge in [0, 0.05) is 31.3 Å². The first-order chi connectivity index (χ1) is 13.9. The molecule has 0 radical (unpaired) electrons. The minimum atomic E-state index is -3.25. The first-order valence-corrected chi connectivity index (χ1v) is 11.3. The van der Waals surface area contributed by atoms with Gasteiger partial charge in [-0.05, 0) is 24.5 Å². The molecule has 3 heterocycles. The molecule has 0 unspecified atom stereocenters. The molecule has 1 fully saturated rings. The third kappa shape index (κ3) is 3.56. The highest BCUT2D eigenvalue weighted by Crippen LogP contribution is 2.30. The number of aromatic nitrogens is 5. The zero-order valence-electron chi connectivity index (χ0n) is 16.1. The van der Waals surface area contributed by atoms with Crippen LogP contribution in [0.15, 0.2) is 36.7 Å². The van der Waals surface area contributed by atoms with Crippen LogP contribution < -0.4 is 10.0 Å². The Hall–Kier alpha value is -2.98. The SMILES string of the molecule is Cn1cnc2c(NC3CC3)nc3cc(-c4cccc(CNS(C)(=O)=O)c4)nn3c21. The van der Waals surface area contributed by atoms with E-state index < -0.39 is 10.0 Å². The van der Waals surface area contributed by atoms with E-state index in [4.69, 9.17) is 10.1 Å². The molecule has 0 aliphatic heterocycles. The normalized spacial score (nSPS) is 14.7. The fourth-order valence-electron chi connectivity index (χ4n) is 3.33. The number of anilines is 1. The molecule has 3 aromatic heterocycles. The second kappa shape index (κ2) is 6.53. The number of benzene rings is 1. The summed E-state index contributed by atoms with van der Waals surface area (Å²) in [6.07, 6.45) is 5.22. The van der Waals surface area contributed by atoms with Crippen molar-refractivity contribution >= 4 is 32.7 Å². The van der Waals surface area contributed by atoms with Crippen LogP contribution in [0.3, 0.4) is 0 Å².